The van der Waals surface area contributed by atoms with E-state index in [1.165, 1.54) is 12.4 Å². The molecule has 0 amide bonds. The Morgan fingerprint density at radius 3 is 2.63 bits per heavy atom. The van der Waals surface area contributed by atoms with Crippen LogP contribution >= 0.6 is 11.8 Å². The number of nitrogens with zero attached hydrogens (tertiary/aromatic N) is 2. The average Bonchev–Trinajstić information content (AvgIpc) is 2.80. The molecule has 2 N–H and O–H groups in total. The van der Waals surface area contributed by atoms with Crippen molar-refractivity contribution < 1.29 is 23.1 Å². The third-order valence-electron chi connectivity index (χ3n) is 2.13. The van der Waals surface area contributed by atoms with Crippen molar-refractivity contribution in [3.05, 3.63) is 35.7 Å². The minimum absolute atomic E-state index is 0.217. The number of hydrogen-bond acceptors (Lipinski definition) is 4. The van der Waals surface area contributed by atoms with Gasteiger partial charge in [0.2, 0.25) is 0 Å². The second kappa shape index (κ2) is 4.92. The van der Waals surface area contributed by atoms with Gasteiger partial charge < -0.3 is 5.11 Å². The number of rotatable bonds is 3. The molecule has 0 atom stereocenters. The lowest BCUT2D eigenvalue weighted by atomic mass is 10.1. The van der Waals surface area contributed by atoms with E-state index in [0.717, 1.165) is 23.9 Å². The molecule has 9 heteroatoms. The molecule has 2 rings (SSSR count). The number of nitrogens with one attached hydrogen (secondary N) is 1. The van der Waals surface area contributed by atoms with Gasteiger partial charge in [-0.1, -0.05) is 11.8 Å². The fourth-order valence-electron chi connectivity index (χ4n) is 1.36. The van der Waals surface area contributed by atoms with Crippen LogP contribution in [0.4, 0.5) is 13.2 Å². The van der Waals surface area contributed by atoms with Crippen molar-refractivity contribution in [2.24, 2.45) is 0 Å². The van der Waals surface area contributed by atoms with Crippen molar-refractivity contribution in [1.29, 1.82) is 0 Å². The number of hydrogen-bond donors (Lipinski definition) is 2. The van der Waals surface area contributed by atoms with E-state index in [9.17, 15) is 18.0 Å². The van der Waals surface area contributed by atoms with E-state index in [2.05, 4.69) is 15.2 Å². The summed E-state index contributed by atoms with van der Waals surface area (Å²) >= 11 is 0.923. The second-order valence-corrected chi connectivity index (χ2v) is 4.47. The van der Waals surface area contributed by atoms with Crippen LogP contribution in [0.2, 0.25) is 0 Å². The summed E-state index contributed by atoms with van der Waals surface area (Å²) in [5.41, 5.74) is -1.97. The van der Waals surface area contributed by atoms with Gasteiger partial charge in [0.15, 0.2) is 5.16 Å². The fraction of sp³-hybridized carbons (Fsp3) is 0.100. The number of aromatic carboxylic acids is 1. The highest BCUT2D eigenvalue weighted by Gasteiger charge is 2.35. The Balaban J connectivity index is 2.41. The molecule has 0 radical (unpaired) electrons. The quantitative estimate of drug-likeness (QED) is 0.908. The maximum Gasteiger partial charge on any atom is 0.417 e. The Bertz CT molecular complexity index is 599. The Kier molecular flexibility index (Phi) is 3.47. The van der Waals surface area contributed by atoms with Crippen molar-refractivity contribution in [2.75, 3.05) is 0 Å². The zero-order chi connectivity index (χ0) is 14.0. The first-order valence-electron chi connectivity index (χ1n) is 4.85. The third-order valence-corrected chi connectivity index (χ3v) is 3.01. The molecule has 0 saturated heterocycles. The van der Waals surface area contributed by atoms with E-state index in [4.69, 9.17) is 5.11 Å². The standard InChI is InChI=1S/C10H6F3N3O2S/c11-10(12,13)7-3-5(1-2-6(7)8(17)18)19-9-14-4-15-16-9/h1-4H,(H,17,18)(H,14,15,16). The molecule has 0 aliphatic carbocycles. The maximum atomic E-state index is 12.8. The predicted octanol–water partition coefficient (Wildman–Crippen LogP) is 2.67. The van der Waals surface area contributed by atoms with E-state index in [1.54, 1.807) is 0 Å². The summed E-state index contributed by atoms with van der Waals surface area (Å²) in [6.07, 6.45) is -3.51. The van der Waals surface area contributed by atoms with Crippen LogP contribution in [0, 0.1) is 0 Å². The monoisotopic (exact) mass is 289 g/mol. The van der Waals surface area contributed by atoms with Gasteiger partial charge in [-0.05, 0) is 18.2 Å². The van der Waals surface area contributed by atoms with Crippen LogP contribution in [0.5, 0.6) is 0 Å². The van der Waals surface area contributed by atoms with Gasteiger partial charge >= 0.3 is 12.1 Å². The number of halogens is 3. The number of benzene rings is 1. The summed E-state index contributed by atoms with van der Waals surface area (Å²) in [6, 6.07) is 2.98. The van der Waals surface area contributed by atoms with E-state index in [1.807, 2.05) is 0 Å². The predicted molar refractivity (Wildman–Crippen MR) is 58.9 cm³/mol. The molecule has 0 aliphatic heterocycles. The van der Waals surface area contributed by atoms with Crippen molar-refractivity contribution in [3.8, 4) is 0 Å². The minimum atomic E-state index is -4.73. The zero-order valence-electron chi connectivity index (χ0n) is 9.10. The average molecular weight is 289 g/mol. The van der Waals surface area contributed by atoms with Gasteiger partial charge in [-0.25, -0.2) is 9.78 Å². The van der Waals surface area contributed by atoms with Gasteiger partial charge in [0.05, 0.1) is 11.1 Å². The Hall–Kier alpha value is -2.03. The largest absolute Gasteiger partial charge is 0.478 e. The molecule has 0 aliphatic rings. The molecular formula is C10H6F3N3O2S. The number of alkyl halides is 3. The summed E-state index contributed by atoms with van der Waals surface area (Å²) in [4.78, 5) is 14.7. The number of carboxylic acid groups (broad SMARTS) is 1. The van der Waals surface area contributed by atoms with Crippen molar-refractivity contribution in [2.45, 2.75) is 16.2 Å². The van der Waals surface area contributed by atoms with Crippen LogP contribution < -0.4 is 0 Å². The van der Waals surface area contributed by atoms with E-state index in [-0.39, 0.29) is 4.90 Å². The molecule has 0 saturated carbocycles. The lowest BCUT2D eigenvalue weighted by Crippen LogP contribution is -2.12. The first-order valence-corrected chi connectivity index (χ1v) is 5.67. The van der Waals surface area contributed by atoms with Crippen molar-refractivity contribution in [1.82, 2.24) is 15.2 Å². The van der Waals surface area contributed by atoms with E-state index in [0.29, 0.717) is 5.16 Å². The smallest absolute Gasteiger partial charge is 0.417 e. The lowest BCUT2D eigenvalue weighted by Gasteiger charge is -2.11. The summed E-state index contributed by atoms with van der Waals surface area (Å²) in [5, 5.41) is 15.1. The topological polar surface area (TPSA) is 78.9 Å². The van der Waals surface area contributed by atoms with Gasteiger partial charge in [0.1, 0.15) is 6.33 Å². The molecule has 0 bridgehead atoms. The van der Waals surface area contributed by atoms with Crippen molar-refractivity contribution >= 4 is 17.7 Å². The van der Waals surface area contributed by atoms with Crippen LogP contribution in [-0.2, 0) is 6.18 Å². The fourth-order valence-corrected chi connectivity index (χ4v) is 2.10. The van der Waals surface area contributed by atoms with Crippen molar-refractivity contribution in [3.63, 3.8) is 0 Å². The summed E-state index contributed by atoms with van der Waals surface area (Å²) < 4.78 is 38.3. The van der Waals surface area contributed by atoms with Crippen LogP contribution in [0.1, 0.15) is 15.9 Å². The normalized spacial score (nSPS) is 11.5. The molecule has 2 aromatic rings. The lowest BCUT2D eigenvalue weighted by molar-refractivity contribution is -0.138. The van der Waals surface area contributed by atoms with Crippen LogP contribution in [-0.4, -0.2) is 26.3 Å². The molecule has 1 aromatic carbocycles. The SMILES string of the molecule is O=C(O)c1ccc(Sc2ncn[nH]2)cc1C(F)(F)F. The first-order chi connectivity index (χ1) is 8.88. The van der Waals surface area contributed by atoms with Crippen LogP contribution in [0.15, 0.2) is 34.6 Å². The molecule has 0 fully saturated rings. The van der Waals surface area contributed by atoms with Crippen LogP contribution in [0.25, 0.3) is 0 Å². The number of carboxylic acids is 1. The second-order valence-electron chi connectivity index (χ2n) is 3.40. The number of aromatic amines is 1. The van der Waals surface area contributed by atoms with E-state index >= 15 is 0 Å². The molecule has 100 valence electrons. The highest BCUT2D eigenvalue weighted by molar-refractivity contribution is 7.99. The zero-order valence-corrected chi connectivity index (χ0v) is 9.92. The molecule has 5 nitrogen and oxygen atoms in total. The molecule has 1 heterocycles. The minimum Gasteiger partial charge on any atom is -0.478 e. The molecule has 19 heavy (non-hydrogen) atoms. The summed E-state index contributed by atoms with van der Waals surface area (Å²) in [6.45, 7) is 0. The maximum absolute atomic E-state index is 12.8. The van der Waals surface area contributed by atoms with Gasteiger partial charge in [0, 0.05) is 4.90 Å². The van der Waals surface area contributed by atoms with Gasteiger partial charge in [-0.3, -0.25) is 5.10 Å². The molecular weight excluding hydrogens is 283 g/mol. The molecule has 0 unspecified atom stereocenters. The number of H-pyrrole nitrogens is 1. The Morgan fingerprint density at radius 2 is 2.11 bits per heavy atom. The van der Waals surface area contributed by atoms with Gasteiger partial charge in [-0.15, -0.1) is 0 Å². The highest BCUT2D eigenvalue weighted by atomic mass is 32.2. The first kappa shape index (κ1) is 13.4. The van der Waals surface area contributed by atoms with Crippen LogP contribution in [0.3, 0.4) is 0 Å². The number of aromatic nitrogens is 3. The summed E-state index contributed by atoms with van der Waals surface area (Å²) in [7, 11) is 0. The molecule has 1 aromatic heterocycles. The number of carbonyl (C=O) groups is 1. The third kappa shape index (κ3) is 3.05. The van der Waals surface area contributed by atoms with E-state index < -0.39 is 23.3 Å². The van der Waals surface area contributed by atoms with Gasteiger partial charge in [-0.2, -0.15) is 18.3 Å². The highest BCUT2D eigenvalue weighted by Crippen LogP contribution is 2.35. The molecule has 0 spiro atoms. The summed E-state index contributed by atoms with van der Waals surface area (Å²) in [5.74, 6) is -1.62. The Labute approximate surface area is 108 Å². The Morgan fingerprint density at radius 1 is 1.37 bits per heavy atom. The van der Waals surface area contributed by atoms with Gasteiger partial charge in [0.25, 0.3) is 0 Å².